The van der Waals surface area contributed by atoms with Crippen molar-refractivity contribution in [2.75, 3.05) is 26.2 Å². The normalized spacial score (nSPS) is 22.3. The number of piperidine rings is 1. The van der Waals surface area contributed by atoms with Crippen LogP contribution in [0.5, 0.6) is 0 Å². The van der Waals surface area contributed by atoms with E-state index in [0.717, 1.165) is 31.8 Å². The molecule has 0 aliphatic carbocycles. The molecule has 5 nitrogen and oxygen atoms in total. The van der Waals surface area contributed by atoms with Crippen molar-refractivity contribution in [2.24, 2.45) is 5.92 Å². The van der Waals surface area contributed by atoms with Crippen molar-refractivity contribution in [3.05, 3.63) is 59.5 Å². The van der Waals surface area contributed by atoms with Gasteiger partial charge in [0.05, 0.1) is 18.4 Å². The Hall–Kier alpha value is -2.11. The highest BCUT2D eigenvalue weighted by Crippen LogP contribution is 2.27. The summed E-state index contributed by atoms with van der Waals surface area (Å²) in [7, 11) is 0. The van der Waals surface area contributed by atoms with Crippen LogP contribution in [0.2, 0.25) is 0 Å². The van der Waals surface area contributed by atoms with Crippen LogP contribution in [0, 0.1) is 5.92 Å². The number of carbonyl (C=O) groups is 1. The molecule has 0 spiro atoms. The number of carboxylic acid groups (broad SMARTS) is 1. The summed E-state index contributed by atoms with van der Waals surface area (Å²) in [6, 6.07) is 12.1. The third kappa shape index (κ3) is 4.60. The first-order valence-corrected chi connectivity index (χ1v) is 9.98. The van der Waals surface area contributed by atoms with Crippen molar-refractivity contribution < 1.29 is 14.3 Å². The first-order valence-electron chi connectivity index (χ1n) is 9.98. The smallest absolute Gasteiger partial charge is 0.335 e. The maximum absolute atomic E-state index is 11.0. The number of benzene rings is 1. The van der Waals surface area contributed by atoms with E-state index in [9.17, 15) is 4.79 Å². The molecule has 1 aromatic carbocycles. The van der Waals surface area contributed by atoms with Crippen molar-refractivity contribution in [3.63, 3.8) is 0 Å². The van der Waals surface area contributed by atoms with Crippen molar-refractivity contribution in [1.29, 1.82) is 0 Å². The molecule has 1 aromatic heterocycles. The second-order valence-corrected chi connectivity index (χ2v) is 7.94. The number of hydrogen-bond acceptors (Lipinski definition) is 4. The number of nitrogens with zero attached hydrogens (tertiary/aromatic N) is 2. The summed E-state index contributed by atoms with van der Waals surface area (Å²) in [5, 5.41) is 9.01. The highest BCUT2D eigenvalue weighted by atomic mass is 16.4. The minimum absolute atomic E-state index is 0.369. The SMILES string of the molecule is O=C(O)c1ccc(CC2CCN(C3CCN(Cc4ccco4)CC3)C2)cc1. The Labute approximate surface area is 160 Å². The van der Waals surface area contributed by atoms with Crippen LogP contribution in [0.1, 0.15) is 40.9 Å². The van der Waals surface area contributed by atoms with E-state index in [4.69, 9.17) is 9.52 Å². The lowest BCUT2D eigenvalue weighted by atomic mass is 9.97. The topological polar surface area (TPSA) is 56.9 Å². The van der Waals surface area contributed by atoms with Gasteiger partial charge in [0.2, 0.25) is 0 Å². The molecule has 0 bridgehead atoms. The zero-order chi connectivity index (χ0) is 18.6. The van der Waals surface area contributed by atoms with Crippen LogP contribution < -0.4 is 0 Å². The first kappa shape index (κ1) is 18.3. The van der Waals surface area contributed by atoms with Gasteiger partial charge in [0.1, 0.15) is 5.76 Å². The van der Waals surface area contributed by atoms with Crippen molar-refractivity contribution >= 4 is 5.97 Å². The Morgan fingerprint density at radius 1 is 1.07 bits per heavy atom. The van der Waals surface area contributed by atoms with Gasteiger partial charge in [-0.2, -0.15) is 0 Å². The van der Waals surface area contributed by atoms with E-state index in [1.54, 1.807) is 18.4 Å². The molecular formula is C22H28N2O3. The Morgan fingerprint density at radius 2 is 1.85 bits per heavy atom. The number of rotatable bonds is 6. The maximum Gasteiger partial charge on any atom is 0.335 e. The second kappa shape index (κ2) is 8.28. The van der Waals surface area contributed by atoms with E-state index >= 15 is 0 Å². The van der Waals surface area contributed by atoms with E-state index in [1.807, 2.05) is 18.2 Å². The number of likely N-dealkylation sites (tertiary alicyclic amines) is 2. The molecule has 0 saturated carbocycles. The fraction of sp³-hybridized carbons (Fsp3) is 0.500. The van der Waals surface area contributed by atoms with Crippen LogP contribution in [0.3, 0.4) is 0 Å². The van der Waals surface area contributed by atoms with E-state index in [0.29, 0.717) is 17.5 Å². The van der Waals surface area contributed by atoms with Crippen LogP contribution in [-0.2, 0) is 13.0 Å². The van der Waals surface area contributed by atoms with E-state index in [1.165, 1.54) is 37.9 Å². The molecule has 4 rings (SSSR count). The predicted octanol–water partition coefficient (Wildman–Crippen LogP) is 3.51. The molecule has 144 valence electrons. The minimum atomic E-state index is -0.855. The molecular weight excluding hydrogens is 340 g/mol. The lowest BCUT2D eigenvalue weighted by Crippen LogP contribution is -2.43. The zero-order valence-corrected chi connectivity index (χ0v) is 15.7. The fourth-order valence-electron chi connectivity index (χ4n) is 4.54. The third-order valence-corrected chi connectivity index (χ3v) is 6.08. The van der Waals surface area contributed by atoms with Gasteiger partial charge in [-0.25, -0.2) is 4.79 Å². The summed E-state index contributed by atoms with van der Waals surface area (Å²) in [6.07, 6.45) is 6.52. The highest BCUT2D eigenvalue weighted by Gasteiger charge is 2.30. The standard InChI is InChI=1S/C22H28N2O3/c25-22(26)19-5-3-17(4-6-19)14-18-7-12-24(15-18)20-8-10-23(11-9-20)16-21-2-1-13-27-21/h1-6,13,18,20H,7-12,14-16H2,(H,25,26). The highest BCUT2D eigenvalue weighted by molar-refractivity contribution is 5.87. The average molecular weight is 368 g/mol. The summed E-state index contributed by atoms with van der Waals surface area (Å²) < 4.78 is 5.47. The van der Waals surface area contributed by atoms with Gasteiger partial charge in [0.25, 0.3) is 0 Å². The largest absolute Gasteiger partial charge is 0.478 e. The number of aromatic carboxylic acids is 1. The van der Waals surface area contributed by atoms with Gasteiger partial charge < -0.3 is 9.52 Å². The number of hydrogen-bond donors (Lipinski definition) is 1. The molecule has 2 fully saturated rings. The molecule has 1 unspecified atom stereocenters. The van der Waals surface area contributed by atoms with Crippen LogP contribution in [0.4, 0.5) is 0 Å². The van der Waals surface area contributed by atoms with E-state index in [2.05, 4.69) is 15.9 Å². The molecule has 5 heteroatoms. The molecule has 2 aliphatic rings. The molecule has 27 heavy (non-hydrogen) atoms. The molecule has 1 atom stereocenters. The molecule has 2 saturated heterocycles. The summed E-state index contributed by atoms with van der Waals surface area (Å²) in [6.45, 7) is 5.57. The summed E-state index contributed by atoms with van der Waals surface area (Å²) in [5.41, 5.74) is 1.62. The van der Waals surface area contributed by atoms with Gasteiger partial charge in [-0.15, -0.1) is 0 Å². The van der Waals surface area contributed by atoms with E-state index < -0.39 is 5.97 Å². The Bertz CT molecular complexity index is 733. The maximum atomic E-state index is 11.0. The summed E-state index contributed by atoms with van der Waals surface area (Å²) >= 11 is 0. The van der Waals surface area contributed by atoms with Gasteiger partial charge in [0, 0.05) is 25.7 Å². The van der Waals surface area contributed by atoms with Gasteiger partial charge >= 0.3 is 5.97 Å². The minimum Gasteiger partial charge on any atom is -0.478 e. The van der Waals surface area contributed by atoms with Crippen molar-refractivity contribution in [2.45, 2.75) is 38.3 Å². The Morgan fingerprint density at radius 3 is 2.52 bits per heavy atom. The third-order valence-electron chi connectivity index (χ3n) is 6.08. The summed E-state index contributed by atoms with van der Waals surface area (Å²) in [4.78, 5) is 16.1. The predicted molar refractivity (Wildman–Crippen MR) is 104 cm³/mol. The average Bonchev–Trinajstić information content (AvgIpc) is 3.35. The van der Waals surface area contributed by atoms with Gasteiger partial charge in [0.15, 0.2) is 0 Å². The Kier molecular flexibility index (Phi) is 5.60. The fourth-order valence-corrected chi connectivity index (χ4v) is 4.54. The molecule has 0 amide bonds. The molecule has 0 radical (unpaired) electrons. The number of carboxylic acids is 1. The van der Waals surface area contributed by atoms with Gasteiger partial charge in [-0.3, -0.25) is 9.80 Å². The molecule has 1 N–H and O–H groups in total. The van der Waals surface area contributed by atoms with Crippen LogP contribution >= 0.6 is 0 Å². The molecule has 2 aromatic rings. The summed E-state index contributed by atoms with van der Waals surface area (Å²) in [5.74, 6) is 0.886. The number of furan rings is 1. The second-order valence-electron chi connectivity index (χ2n) is 7.94. The quantitative estimate of drug-likeness (QED) is 0.846. The van der Waals surface area contributed by atoms with Gasteiger partial charge in [-0.1, -0.05) is 12.1 Å². The van der Waals surface area contributed by atoms with Crippen LogP contribution in [-0.4, -0.2) is 53.1 Å². The molecule has 3 heterocycles. The van der Waals surface area contributed by atoms with Crippen LogP contribution in [0.15, 0.2) is 47.1 Å². The first-order chi connectivity index (χ1) is 13.2. The van der Waals surface area contributed by atoms with Crippen molar-refractivity contribution in [1.82, 2.24) is 9.80 Å². The van der Waals surface area contributed by atoms with E-state index in [-0.39, 0.29) is 0 Å². The molecule has 2 aliphatic heterocycles. The zero-order valence-electron chi connectivity index (χ0n) is 15.7. The van der Waals surface area contributed by atoms with Crippen LogP contribution in [0.25, 0.3) is 0 Å². The Balaban J connectivity index is 1.23. The monoisotopic (exact) mass is 368 g/mol. The lowest BCUT2D eigenvalue weighted by Gasteiger charge is -2.36. The van der Waals surface area contributed by atoms with Gasteiger partial charge in [-0.05, 0) is 68.0 Å². The lowest BCUT2D eigenvalue weighted by molar-refractivity contribution is 0.0697. The van der Waals surface area contributed by atoms with Crippen molar-refractivity contribution in [3.8, 4) is 0 Å².